The van der Waals surface area contributed by atoms with E-state index in [0.717, 1.165) is 12.0 Å². The Balaban J connectivity index is 2.34. The van der Waals surface area contributed by atoms with Gasteiger partial charge in [-0.1, -0.05) is 26.7 Å². The van der Waals surface area contributed by atoms with Crippen LogP contribution < -0.4 is 5.32 Å². The molecule has 1 atom stereocenters. The van der Waals surface area contributed by atoms with E-state index in [9.17, 15) is 0 Å². The van der Waals surface area contributed by atoms with Gasteiger partial charge in [0.15, 0.2) is 0 Å². The molecule has 1 aliphatic heterocycles. The highest BCUT2D eigenvalue weighted by Gasteiger charge is 2.24. The molecule has 14 heavy (non-hydrogen) atoms. The molecule has 0 aromatic carbocycles. The van der Waals surface area contributed by atoms with E-state index in [1.807, 2.05) is 0 Å². The fourth-order valence-corrected chi connectivity index (χ4v) is 2.48. The molecule has 1 rings (SSSR count). The molecule has 1 fully saturated rings. The minimum Gasteiger partial charge on any atom is -0.318 e. The van der Waals surface area contributed by atoms with Crippen LogP contribution >= 0.6 is 0 Å². The fraction of sp³-hybridized carbons (Fsp3) is 1.00. The zero-order valence-electron chi connectivity index (χ0n) is 10.1. The van der Waals surface area contributed by atoms with Crippen LogP contribution in [-0.4, -0.2) is 37.6 Å². The van der Waals surface area contributed by atoms with Gasteiger partial charge < -0.3 is 5.32 Å². The van der Waals surface area contributed by atoms with E-state index in [4.69, 9.17) is 0 Å². The van der Waals surface area contributed by atoms with Gasteiger partial charge >= 0.3 is 0 Å². The van der Waals surface area contributed by atoms with Gasteiger partial charge in [0.2, 0.25) is 0 Å². The molecule has 84 valence electrons. The Morgan fingerprint density at radius 3 is 2.64 bits per heavy atom. The van der Waals surface area contributed by atoms with E-state index in [1.54, 1.807) is 0 Å². The first kappa shape index (κ1) is 12.0. The van der Waals surface area contributed by atoms with Gasteiger partial charge in [-0.2, -0.15) is 0 Å². The van der Waals surface area contributed by atoms with Crippen molar-refractivity contribution in [1.82, 2.24) is 10.2 Å². The normalized spacial score (nSPS) is 23.6. The van der Waals surface area contributed by atoms with Gasteiger partial charge in [-0.25, -0.2) is 0 Å². The second-order valence-corrected chi connectivity index (χ2v) is 4.53. The summed E-state index contributed by atoms with van der Waals surface area (Å²) in [5, 5.41) is 3.31. The molecule has 2 heteroatoms. The minimum atomic E-state index is 0.806. The SMILES string of the molecule is CCC(CC)CN1CCCC1CNC. The summed E-state index contributed by atoms with van der Waals surface area (Å²) in [5.74, 6) is 0.910. The van der Waals surface area contributed by atoms with Crippen molar-refractivity contribution in [2.75, 3.05) is 26.7 Å². The first-order valence-corrected chi connectivity index (χ1v) is 6.20. The van der Waals surface area contributed by atoms with Crippen molar-refractivity contribution in [2.24, 2.45) is 5.92 Å². The second-order valence-electron chi connectivity index (χ2n) is 4.53. The van der Waals surface area contributed by atoms with Crippen molar-refractivity contribution < 1.29 is 0 Å². The summed E-state index contributed by atoms with van der Waals surface area (Å²) < 4.78 is 0. The lowest BCUT2D eigenvalue weighted by Gasteiger charge is -2.27. The first-order valence-electron chi connectivity index (χ1n) is 6.20. The highest BCUT2D eigenvalue weighted by atomic mass is 15.2. The molecule has 1 heterocycles. The lowest BCUT2D eigenvalue weighted by molar-refractivity contribution is 0.206. The third kappa shape index (κ3) is 3.25. The fourth-order valence-electron chi connectivity index (χ4n) is 2.48. The van der Waals surface area contributed by atoms with E-state index in [2.05, 4.69) is 31.1 Å². The topological polar surface area (TPSA) is 15.3 Å². The Kier molecular flexibility index (Phi) is 5.49. The molecule has 1 unspecified atom stereocenters. The standard InChI is InChI=1S/C12H26N2/c1-4-11(5-2)10-14-8-6-7-12(14)9-13-3/h11-13H,4-10H2,1-3H3. The summed E-state index contributed by atoms with van der Waals surface area (Å²) in [6.45, 7) is 8.44. The highest BCUT2D eigenvalue weighted by Crippen LogP contribution is 2.20. The lowest BCUT2D eigenvalue weighted by Crippen LogP contribution is -2.39. The summed E-state index contributed by atoms with van der Waals surface area (Å²) >= 11 is 0. The summed E-state index contributed by atoms with van der Waals surface area (Å²) in [6, 6.07) is 0.806. The molecular weight excluding hydrogens is 172 g/mol. The maximum atomic E-state index is 3.31. The Bertz CT molecular complexity index is 143. The van der Waals surface area contributed by atoms with Crippen molar-refractivity contribution >= 4 is 0 Å². The van der Waals surface area contributed by atoms with E-state index in [-0.39, 0.29) is 0 Å². The Labute approximate surface area is 89.1 Å². The van der Waals surface area contributed by atoms with Gasteiger partial charge in [-0.3, -0.25) is 4.90 Å². The average Bonchev–Trinajstić information content (AvgIpc) is 2.62. The van der Waals surface area contributed by atoms with Crippen LogP contribution in [0.4, 0.5) is 0 Å². The third-order valence-corrected chi connectivity index (χ3v) is 3.59. The minimum absolute atomic E-state index is 0.806. The van der Waals surface area contributed by atoms with Crippen LogP contribution in [0.2, 0.25) is 0 Å². The number of nitrogens with one attached hydrogen (secondary N) is 1. The van der Waals surface area contributed by atoms with E-state index >= 15 is 0 Å². The number of hydrogen-bond donors (Lipinski definition) is 1. The molecule has 2 nitrogen and oxygen atoms in total. The van der Waals surface area contributed by atoms with Crippen molar-refractivity contribution in [3.63, 3.8) is 0 Å². The number of hydrogen-bond acceptors (Lipinski definition) is 2. The molecule has 0 saturated carbocycles. The summed E-state index contributed by atoms with van der Waals surface area (Å²) in [6.07, 6.45) is 5.45. The van der Waals surface area contributed by atoms with Crippen molar-refractivity contribution in [2.45, 2.75) is 45.6 Å². The van der Waals surface area contributed by atoms with Gasteiger partial charge in [0.25, 0.3) is 0 Å². The van der Waals surface area contributed by atoms with E-state index in [1.165, 1.54) is 45.3 Å². The zero-order valence-corrected chi connectivity index (χ0v) is 10.1. The van der Waals surface area contributed by atoms with Crippen LogP contribution in [0.5, 0.6) is 0 Å². The molecule has 0 aliphatic carbocycles. The van der Waals surface area contributed by atoms with Gasteiger partial charge in [-0.05, 0) is 32.4 Å². The lowest BCUT2D eigenvalue weighted by atomic mass is 10.0. The summed E-state index contributed by atoms with van der Waals surface area (Å²) in [5.41, 5.74) is 0. The van der Waals surface area contributed by atoms with Crippen LogP contribution in [0, 0.1) is 5.92 Å². The van der Waals surface area contributed by atoms with Gasteiger partial charge in [0, 0.05) is 19.1 Å². The molecule has 0 aromatic heterocycles. The quantitative estimate of drug-likeness (QED) is 0.703. The maximum absolute atomic E-state index is 3.31. The monoisotopic (exact) mass is 198 g/mol. The van der Waals surface area contributed by atoms with Gasteiger partial charge in [-0.15, -0.1) is 0 Å². The van der Waals surface area contributed by atoms with Crippen molar-refractivity contribution in [1.29, 1.82) is 0 Å². The maximum Gasteiger partial charge on any atom is 0.0221 e. The summed E-state index contributed by atoms with van der Waals surface area (Å²) in [7, 11) is 2.06. The van der Waals surface area contributed by atoms with Gasteiger partial charge in [0.1, 0.15) is 0 Å². The smallest absolute Gasteiger partial charge is 0.0221 e. The number of nitrogens with zero attached hydrogens (tertiary/aromatic N) is 1. The molecule has 1 saturated heterocycles. The number of rotatable bonds is 6. The largest absolute Gasteiger partial charge is 0.318 e. The van der Waals surface area contributed by atoms with Gasteiger partial charge in [0.05, 0.1) is 0 Å². The Morgan fingerprint density at radius 1 is 1.36 bits per heavy atom. The molecule has 0 spiro atoms. The van der Waals surface area contributed by atoms with Crippen LogP contribution in [-0.2, 0) is 0 Å². The van der Waals surface area contributed by atoms with Crippen LogP contribution in [0.1, 0.15) is 39.5 Å². The molecule has 0 radical (unpaired) electrons. The molecule has 1 N–H and O–H groups in total. The third-order valence-electron chi connectivity index (χ3n) is 3.59. The predicted octanol–water partition coefficient (Wildman–Crippen LogP) is 2.11. The van der Waals surface area contributed by atoms with Crippen molar-refractivity contribution in [3.8, 4) is 0 Å². The summed E-state index contributed by atoms with van der Waals surface area (Å²) in [4.78, 5) is 2.69. The Hall–Kier alpha value is -0.0800. The van der Waals surface area contributed by atoms with Crippen LogP contribution in [0.15, 0.2) is 0 Å². The number of likely N-dealkylation sites (N-methyl/N-ethyl adjacent to an activating group) is 1. The molecular formula is C12H26N2. The predicted molar refractivity (Wildman–Crippen MR) is 62.6 cm³/mol. The second kappa shape index (κ2) is 6.41. The molecule has 0 bridgehead atoms. The highest BCUT2D eigenvalue weighted by molar-refractivity contribution is 4.81. The van der Waals surface area contributed by atoms with Crippen LogP contribution in [0.25, 0.3) is 0 Å². The molecule has 0 aromatic rings. The average molecular weight is 198 g/mol. The Morgan fingerprint density at radius 2 is 2.07 bits per heavy atom. The van der Waals surface area contributed by atoms with E-state index in [0.29, 0.717) is 0 Å². The number of likely N-dealkylation sites (tertiary alicyclic amines) is 1. The zero-order chi connectivity index (χ0) is 10.4. The first-order chi connectivity index (χ1) is 6.81. The molecule has 0 amide bonds. The van der Waals surface area contributed by atoms with Crippen LogP contribution in [0.3, 0.4) is 0 Å². The van der Waals surface area contributed by atoms with E-state index < -0.39 is 0 Å². The van der Waals surface area contributed by atoms with Crippen molar-refractivity contribution in [3.05, 3.63) is 0 Å². The molecule has 1 aliphatic rings.